The molecule has 2 unspecified atom stereocenters. The summed E-state index contributed by atoms with van der Waals surface area (Å²) < 4.78 is 12.1. The monoisotopic (exact) mass is 577 g/mol. The zero-order valence-corrected chi connectivity index (χ0v) is 23.3. The second-order valence-electron chi connectivity index (χ2n) is 9.68. The molecule has 8 nitrogen and oxygen atoms in total. The fourth-order valence-electron chi connectivity index (χ4n) is 2.45. The van der Waals surface area contributed by atoms with Gasteiger partial charge in [0.05, 0.1) is 6.61 Å². The number of primary amides is 1. The topological polar surface area (TPSA) is 120 Å². The number of nitrogens with one attached hydrogen (secondary N) is 2. The van der Waals surface area contributed by atoms with Crippen molar-refractivity contribution in [2.24, 2.45) is 11.7 Å². The highest BCUT2D eigenvalue weighted by molar-refractivity contribution is 14.1. The molecule has 0 aliphatic carbocycles. The number of ether oxygens (including phenoxy) is 1. The molecule has 0 aliphatic rings. The zero-order valence-electron chi connectivity index (χ0n) is 20.2. The van der Waals surface area contributed by atoms with E-state index in [1.807, 2.05) is 18.2 Å². The van der Waals surface area contributed by atoms with Crippen molar-refractivity contribution in [2.45, 2.75) is 78.4 Å². The van der Waals surface area contributed by atoms with Crippen LogP contribution in [0.15, 0.2) is 18.2 Å². The predicted molar refractivity (Wildman–Crippen MR) is 137 cm³/mol. The zero-order chi connectivity index (χ0) is 24.9. The van der Waals surface area contributed by atoms with Crippen LogP contribution >= 0.6 is 22.6 Å². The number of rotatable bonds is 9. The van der Waals surface area contributed by atoms with Gasteiger partial charge in [-0.05, 0) is 71.3 Å². The Bertz CT molecular complexity index is 839. The van der Waals surface area contributed by atoms with Crippen LogP contribution in [0.1, 0.15) is 47.1 Å². The Balaban J connectivity index is 2.76. The summed E-state index contributed by atoms with van der Waals surface area (Å²) in [6.07, 6.45) is -2.10. The van der Waals surface area contributed by atoms with Gasteiger partial charge in [-0.25, -0.2) is 4.79 Å². The first-order chi connectivity index (χ1) is 14.5. The van der Waals surface area contributed by atoms with E-state index in [0.717, 1.165) is 9.13 Å². The molecule has 0 saturated heterocycles. The van der Waals surface area contributed by atoms with Crippen molar-refractivity contribution in [3.63, 3.8) is 0 Å². The minimum atomic E-state index is -1.86. The van der Waals surface area contributed by atoms with Gasteiger partial charge in [-0.2, -0.15) is 0 Å². The largest absolute Gasteiger partial charge is 0.436 e. The molecule has 2 atom stereocenters. The summed E-state index contributed by atoms with van der Waals surface area (Å²) in [5.41, 5.74) is 6.70. The minimum Gasteiger partial charge on any atom is -0.436 e. The van der Waals surface area contributed by atoms with Gasteiger partial charge in [-0.15, -0.1) is 0 Å². The molecule has 1 aromatic carbocycles. The van der Waals surface area contributed by atoms with Crippen molar-refractivity contribution in [1.29, 1.82) is 0 Å². The third kappa shape index (κ3) is 8.36. The first-order valence-electron chi connectivity index (χ1n) is 10.5. The Morgan fingerprint density at radius 2 is 1.72 bits per heavy atom. The number of hydrogen-bond donors (Lipinski definition) is 3. The first-order valence-corrected chi connectivity index (χ1v) is 14.5. The molecule has 4 N–H and O–H groups in total. The van der Waals surface area contributed by atoms with Crippen LogP contribution in [0.4, 0.5) is 10.5 Å². The van der Waals surface area contributed by atoms with E-state index in [1.54, 1.807) is 20.8 Å². The fraction of sp³-hybridized carbons (Fsp3) is 0.591. The Labute approximate surface area is 205 Å². The van der Waals surface area contributed by atoms with Gasteiger partial charge in [-0.1, -0.05) is 40.7 Å². The van der Waals surface area contributed by atoms with Crippen LogP contribution in [0.25, 0.3) is 0 Å². The van der Waals surface area contributed by atoms with E-state index in [2.05, 4.69) is 67.1 Å². The molecule has 0 heterocycles. The number of carbonyl (C=O) groups is 3. The Morgan fingerprint density at radius 1 is 1.12 bits per heavy atom. The molecule has 1 rings (SSSR count). The van der Waals surface area contributed by atoms with E-state index in [0.29, 0.717) is 12.3 Å². The lowest BCUT2D eigenvalue weighted by Crippen LogP contribution is -2.49. The predicted octanol–water partition coefficient (Wildman–Crippen LogP) is 4.38. The summed E-state index contributed by atoms with van der Waals surface area (Å²) in [5.74, 6) is -1.25. The molecule has 0 fully saturated rings. The molecule has 0 aliphatic heterocycles. The standard InChI is InChI=1S/C22H36IN3O5Si/c1-13(2)18(31-21(24)29)20(28)25-14(3)19(27)26-16-10-9-15(17(23)11-16)12-30-32(7,8)22(4,5)6/h9-11,13-14,18H,12H2,1-8H3,(H2,24,29)(H,25,28)(H,26,27). The Kier molecular flexibility index (Phi) is 10.2. The molecule has 10 heteroatoms. The average molecular weight is 578 g/mol. The van der Waals surface area contributed by atoms with Gasteiger partial charge in [-0.3, -0.25) is 9.59 Å². The lowest BCUT2D eigenvalue weighted by atomic mass is 10.1. The van der Waals surface area contributed by atoms with Crippen LogP contribution in [-0.4, -0.2) is 38.4 Å². The fourth-order valence-corrected chi connectivity index (χ4v) is 4.07. The summed E-state index contributed by atoms with van der Waals surface area (Å²) in [6, 6.07) is 4.78. The van der Waals surface area contributed by atoms with Crippen LogP contribution in [0.3, 0.4) is 0 Å². The molecule has 0 bridgehead atoms. The number of amides is 3. The maximum Gasteiger partial charge on any atom is 0.405 e. The molecular formula is C22H36IN3O5Si. The highest BCUT2D eigenvalue weighted by Gasteiger charge is 2.37. The summed E-state index contributed by atoms with van der Waals surface area (Å²) in [5, 5.41) is 5.49. The third-order valence-corrected chi connectivity index (χ3v) is 11.1. The maximum absolute atomic E-state index is 12.5. The lowest BCUT2D eigenvalue weighted by Gasteiger charge is -2.36. The summed E-state index contributed by atoms with van der Waals surface area (Å²) in [4.78, 5) is 35.9. The van der Waals surface area contributed by atoms with E-state index in [-0.39, 0.29) is 16.9 Å². The van der Waals surface area contributed by atoms with Crippen molar-refractivity contribution < 1.29 is 23.5 Å². The molecule has 3 amide bonds. The van der Waals surface area contributed by atoms with Crippen LogP contribution in [0.5, 0.6) is 0 Å². The lowest BCUT2D eigenvalue weighted by molar-refractivity contribution is -0.134. The van der Waals surface area contributed by atoms with Crippen LogP contribution in [0.2, 0.25) is 18.1 Å². The second kappa shape index (κ2) is 11.5. The number of anilines is 1. The van der Waals surface area contributed by atoms with Gasteiger partial charge < -0.3 is 25.5 Å². The van der Waals surface area contributed by atoms with Crippen LogP contribution in [0, 0.1) is 9.49 Å². The van der Waals surface area contributed by atoms with E-state index >= 15 is 0 Å². The number of benzene rings is 1. The summed E-state index contributed by atoms with van der Waals surface area (Å²) in [6.45, 7) is 16.5. The molecule has 1 aromatic rings. The van der Waals surface area contributed by atoms with Gasteiger partial charge in [0.15, 0.2) is 14.4 Å². The minimum absolute atomic E-state index is 0.129. The molecule has 180 valence electrons. The smallest absolute Gasteiger partial charge is 0.405 e. The van der Waals surface area contributed by atoms with Gasteiger partial charge in [0.25, 0.3) is 5.91 Å². The van der Waals surface area contributed by atoms with Crippen molar-refractivity contribution in [2.75, 3.05) is 5.32 Å². The first kappa shape index (κ1) is 28.4. The molecule has 0 radical (unpaired) electrons. The second-order valence-corrected chi connectivity index (χ2v) is 15.6. The molecular weight excluding hydrogens is 541 g/mol. The van der Waals surface area contributed by atoms with Crippen molar-refractivity contribution in [1.82, 2.24) is 5.32 Å². The number of nitrogens with two attached hydrogens (primary N) is 1. The average Bonchev–Trinajstić information content (AvgIpc) is 2.63. The van der Waals surface area contributed by atoms with E-state index in [4.69, 9.17) is 14.9 Å². The number of halogens is 1. The Morgan fingerprint density at radius 3 is 2.19 bits per heavy atom. The van der Waals surface area contributed by atoms with Crippen LogP contribution < -0.4 is 16.4 Å². The van der Waals surface area contributed by atoms with Crippen molar-refractivity contribution >= 4 is 54.5 Å². The van der Waals surface area contributed by atoms with Gasteiger partial charge >= 0.3 is 6.09 Å². The van der Waals surface area contributed by atoms with E-state index in [9.17, 15) is 14.4 Å². The normalized spacial score (nSPS) is 13.9. The number of carbonyl (C=O) groups excluding carboxylic acids is 3. The Hall–Kier alpha value is -1.66. The van der Waals surface area contributed by atoms with Crippen molar-refractivity contribution in [3.8, 4) is 0 Å². The number of hydrogen-bond acceptors (Lipinski definition) is 5. The van der Waals surface area contributed by atoms with E-state index < -0.39 is 32.5 Å². The summed E-state index contributed by atoms with van der Waals surface area (Å²) >= 11 is 2.22. The highest BCUT2D eigenvalue weighted by atomic mass is 127. The van der Waals surface area contributed by atoms with Crippen LogP contribution in [-0.2, 0) is 25.4 Å². The molecule has 0 saturated carbocycles. The molecule has 32 heavy (non-hydrogen) atoms. The van der Waals surface area contributed by atoms with Crippen molar-refractivity contribution in [3.05, 3.63) is 27.3 Å². The summed E-state index contributed by atoms with van der Waals surface area (Å²) in [7, 11) is -1.86. The van der Waals surface area contributed by atoms with Gasteiger partial charge in [0.1, 0.15) is 6.04 Å². The quantitative estimate of drug-likeness (QED) is 0.297. The van der Waals surface area contributed by atoms with Gasteiger partial charge in [0.2, 0.25) is 5.91 Å². The highest BCUT2D eigenvalue weighted by Crippen LogP contribution is 2.37. The molecule has 0 spiro atoms. The molecule has 0 aromatic heterocycles. The van der Waals surface area contributed by atoms with Gasteiger partial charge in [0, 0.05) is 9.26 Å². The van der Waals surface area contributed by atoms with E-state index in [1.165, 1.54) is 0 Å². The third-order valence-electron chi connectivity index (χ3n) is 5.57. The maximum atomic E-state index is 12.5. The SMILES string of the molecule is CC(NC(=O)C(OC(N)=O)C(C)C)C(=O)Nc1ccc(CO[Si](C)(C)C(C)(C)C)c(I)c1.